The van der Waals surface area contributed by atoms with E-state index in [4.69, 9.17) is 11.6 Å². The van der Waals surface area contributed by atoms with Gasteiger partial charge < -0.3 is 10.4 Å². The van der Waals surface area contributed by atoms with Gasteiger partial charge in [-0.3, -0.25) is 5.32 Å². The number of hydrogen-bond acceptors (Lipinski definition) is 3. The summed E-state index contributed by atoms with van der Waals surface area (Å²) in [7, 11) is 0. The predicted octanol–water partition coefficient (Wildman–Crippen LogP) is 4.96. The van der Waals surface area contributed by atoms with Gasteiger partial charge in [-0.05, 0) is 35.9 Å². The van der Waals surface area contributed by atoms with Crippen LogP contribution in [0.1, 0.15) is 32.0 Å². The Kier molecular flexibility index (Phi) is 5.72. The van der Waals surface area contributed by atoms with Crippen molar-refractivity contribution in [3.63, 3.8) is 0 Å². The third-order valence-corrected chi connectivity index (χ3v) is 4.37. The molecule has 0 fully saturated rings. The Morgan fingerprint density at radius 3 is 2.54 bits per heavy atom. The molecule has 0 saturated carbocycles. The molecule has 146 valence electrons. The van der Waals surface area contributed by atoms with E-state index in [0.717, 1.165) is 16.9 Å². The fourth-order valence-corrected chi connectivity index (χ4v) is 2.86. The first-order chi connectivity index (χ1) is 13.3. The van der Waals surface area contributed by atoms with Gasteiger partial charge in [0.25, 0.3) is 0 Å². The topological polar surface area (TPSA) is 79.2 Å². The largest absolute Gasteiger partial charge is 0.392 e. The average Bonchev–Trinajstić information content (AvgIpc) is 3.06. The normalized spacial score (nSPS) is 11.3. The number of halogens is 1. The molecule has 1 aromatic heterocycles. The van der Waals surface area contributed by atoms with Gasteiger partial charge in [0.15, 0.2) is 0 Å². The van der Waals surface area contributed by atoms with Gasteiger partial charge in [0.05, 0.1) is 18.0 Å². The Morgan fingerprint density at radius 1 is 1.11 bits per heavy atom. The highest BCUT2D eigenvalue weighted by atomic mass is 35.5. The molecule has 2 amide bonds. The summed E-state index contributed by atoms with van der Waals surface area (Å²) in [6, 6.07) is 15.8. The quantitative estimate of drug-likeness (QED) is 0.581. The number of nitrogens with zero attached hydrogens (tertiary/aromatic N) is 2. The number of rotatable bonds is 4. The van der Waals surface area contributed by atoms with Crippen molar-refractivity contribution in [2.75, 3.05) is 10.6 Å². The second kappa shape index (κ2) is 8.04. The second-order valence-electron chi connectivity index (χ2n) is 7.49. The van der Waals surface area contributed by atoms with Crippen LogP contribution in [0.2, 0.25) is 5.02 Å². The van der Waals surface area contributed by atoms with Crippen LogP contribution >= 0.6 is 11.6 Å². The van der Waals surface area contributed by atoms with Crippen LogP contribution in [-0.4, -0.2) is 20.9 Å². The monoisotopic (exact) mass is 398 g/mol. The Balaban J connectivity index is 1.92. The van der Waals surface area contributed by atoms with Crippen molar-refractivity contribution in [3.8, 4) is 5.69 Å². The molecule has 6 nitrogen and oxygen atoms in total. The summed E-state index contributed by atoms with van der Waals surface area (Å²) in [5.74, 6) is 0.527. The summed E-state index contributed by atoms with van der Waals surface area (Å²) >= 11 is 5.97. The maximum Gasteiger partial charge on any atom is 0.324 e. The van der Waals surface area contributed by atoms with E-state index in [2.05, 4.69) is 36.5 Å². The predicted molar refractivity (Wildman–Crippen MR) is 112 cm³/mol. The minimum Gasteiger partial charge on any atom is -0.392 e. The fraction of sp³-hybridized carbons (Fsp3) is 0.238. The van der Waals surface area contributed by atoms with E-state index >= 15 is 0 Å². The summed E-state index contributed by atoms with van der Waals surface area (Å²) in [4.78, 5) is 12.5. The molecule has 0 radical (unpaired) electrons. The summed E-state index contributed by atoms with van der Waals surface area (Å²) in [6.07, 6.45) is 0. The van der Waals surface area contributed by atoms with Crippen molar-refractivity contribution in [1.29, 1.82) is 0 Å². The van der Waals surface area contributed by atoms with Gasteiger partial charge in [-0.15, -0.1) is 0 Å². The molecule has 28 heavy (non-hydrogen) atoms. The summed E-state index contributed by atoms with van der Waals surface area (Å²) in [6.45, 7) is 6.10. The van der Waals surface area contributed by atoms with E-state index in [1.807, 2.05) is 30.3 Å². The second-order valence-corrected chi connectivity index (χ2v) is 7.93. The lowest BCUT2D eigenvalue weighted by Crippen LogP contribution is -2.21. The number of benzene rings is 2. The van der Waals surface area contributed by atoms with Crippen LogP contribution in [0.25, 0.3) is 5.69 Å². The smallest absolute Gasteiger partial charge is 0.324 e. The number of aromatic nitrogens is 2. The van der Waals surface area contributed by atoms with Gasteiger partial charge in [0, 0.05) is 22.2 Å². The van der Waals surface area contributed by atoms with Crippen molar-refractivity contribution in [2.45, 2.75) is 32.8 Å². The van der Waals surface area contributed by atoms with Gasteiger partial charge >= 0.3 is 6.03 Å². The lowest BCUT2D eigenvalue weighted by molar-refractivity contribution is 0.262. The summed E-state index contributed by atoms with van der Waals surface area (Å²) in [5.41, 5.74) is 2.74. The molecule has 0 spiro atoms. The molecule has 2 aromatic carbocycles. The average molecular weight is 399 g/mol. The number of carbonyl (C=O) groups excluding carboxylic acids is 1. The molecular formula is C21H23ClN4O2. The highest BCUT2D eigenvalue weighted by molar-refractivity contribution is 6.30. The molecule has 0 bridgehead atoms. The number of hydrogen-bond donors (Lipinski definition) is 3. The van der Waals surface area contributed by atoms with Crippen LogP contribution in [0.5, 0.6) is 0 Å². The molecule has 3 N–H and O–H groups in total. The van der Waals surface area contributed by atoms with Crippen LogP contribution in [0, 0.1) is 0 Å². The summed E-state index contributed by atoms with van der Waals surface area (Å²) in [5, 5.41) is 20.3. The Bertz CT molecular complexity index is 992. The van der Waals surface area contributed by atoms with Crippen molar-refractivity contribution in [2.24, 2.45) is 0 Å². The molecule has 0 aliphatic heterocycles. The molecule has 0 unspecified atom stereocenters. The lowest BCUT2D eigenvalue weighted by Gasteiger charge is -2.14. The number of carbonyl (C=O) groups is 1. The molecule has 3 rings (SSSR count). The highest BCUT2D eigenvalue weighted by Crippen LogP contribution is 2.27. The van der Waals surface area contributed by atoms with Crippen molar-refractivity contribution in [3.05, 3.63) is 70.9 Å². The van der Waals surface area contributed by atoms with E-state index in [-0.39, 0.29) is 12.0 Å². The molecule has 0 atom stereocenters. The number of nitrogens with one attached hydrogen (secondary N) is 2. The first kappa shape index (κ1) is 19.9. The first-order valence-electron chi connectivity index (χ1n) is 8.90. The first-order valence-corrected chi connectivity index (χ1v) is 9.28. The van der Waals surface area contributed by atoms with E-state index in [9.17, 15) is 9.90 Å². The van der Waals surface area contributed by atoms with E-state index in [1.165, 1.54) is 0 Å². The van der Waals surface area contributed by atoms with Crippen LogP contribution in [0.4, 0.5) is 16.3 Å². The minimum absolute atomic E-state index is 0.0702. The van der Waals surface area contributed by atoms with Crippen LogP contribution < -0.4 is 10.6 Å². The zero-order valence-electron chi connectivity index (χ0n) is 16.0. The lowest BCUT2D eigenvalue weighted by atomic mass is 9.92. The van der Waals surface area contributed by atoms with E-state index in [1.54, 1.807) is 28.9 Å². The third-order valence-electron chi connectivity index (χ3n) is 4.14. The van der Waals surface area contributed by atoms with Crippen molar-refractivity contribution >= 4 is 29.1 Å². The standard InChI is InChI=1S/C21H23ClN4O2/c1-21(2,3)18-12-19(24-20(28)23-16-8-5-7-15(22)11-16)26(25-18)17-9-4-6-14(10-17)13-27/h4-12,27H,13H2,1-3H3,(H2,23,24,28). The van der Waals surface area contributed by atoms with Gasteiger partial charge in [-0.25, -0.2) is 9.48 Å². The minimum atomic E-state index is -0.401. The molecule has 0 aliphatic carbocycles. The fourth-order valence-electron chi connectivity index (χ4n) is 2.66. The van der Waals surface area contributed by atoms with E-state index in [0.29, 0.717) is 16.5 Å². The SMILES string of the molecule is CC(C)(C)c1cc(NC(=O)Nc2cccc(Cl)c2)n(-c2cccc(CO)c2)n1. The molecule has 0 aliphatic rings. The van der Waals surface area contributed by atoms with Crippen LogP contribution in [0.3, 0.4) is 0 Å². The van der Waals surface area contributed by atoms with Crippen molar-refractivity contribution in [1.82, 2.24) is 9.78 Å². The van der Waals surface area contributed by atoms with Gasteiger partial charge in [0.1, 0.15) is 5.82 Å². The number of aliphatic hydroxyl groups excluding tert-OH is 1. The summed E-state index contributed by atoms with van der Waals surface area (Å²) < 4.78 is 1.66. The van der Waals surface area contributed by atoms with Crippen LogP contribution in [0.15, 0.2) is 54.6 Å². The highest BCUT2D eigenvalue weighted by Gasteiger charge is 2.21. The van der Waals surface area contributed by atoms with Gasteiger partial charge in [-0.1, -0.05) is 50.6 Å². The molecule has 0 saturated heterocycles. The zero-order valence-corrected chi connectivity index (χ0v) is 16.8. The Morgan fingerprint density at radius 2 is 1.86 bits per heavy atom. The van der Waals surface area contributed by atoms with Crippen molar-refractivity contribution < 1.29 is 9.90 Å². The molecular weight excluding hydrogens is 376 g/mol. The van der Waals surface area contributed by atoms with Gasteiger partial charge in [0.2, 0.25) is 0 Å². The number of anilines is 2. The third kappa shape index (κ3) is 4.71. The Hall–Kier alpha value is -2.83. The zero-order chi connectivity index (χ0) is 20.3. The van der Waals surface area contributed by atoms with Crippen LogP contribution in [-0.2, 0) is 12.0 Å². The number of urea groups is 1. The maximum absolute atomic E-state index is 12.5. The van der Waals surface area contributed by atoms with E-state index < -0.39 is 6.03 Å². The molecule has 3 aromatic rings. The Labute approximate surface area is 169 Å². The number of amides is 2. The molecule has 7 heteroatoms. The molecule has 1 heterocycles. The number of aliphatic hydroxyl groups is 1. The van der Waals surface area contributed by atoms with Gasteiger partial charge in [-0.2, -0.15) is 5.10 Å². The maximum atomic E-state index is 12.5.